The molecule has 1 aromatic heterocycles. The van der Waals surface area contributed by atoms with Gasteiger partial charge in [-0.15, -0.1) is 0 Å². The summed E-state index contributed by atoms with van der Waals surface area (Å²) in [5.41, 5.74) is 0. The third-order valence-corrected chi connectivity index (χ3v) is 2.90. The number of nitrogens with one attached hydrogen (secondary N) is 1. The molecule has 0 radical (unpaired) electrons. The van der Waals surface area contributed by atoms with Crippen LogP contribution >= 0.6 is 0 Å². The molecule has 0 unspecified atom stereocenters. The molecule has 4 heteroatoms. The summed E-state index contributed by atoms with van der Waals surface area (Å²) in [6.45, 7) is 0.803. The monoisotopic (exact) mass is 209 g/mol. The number of carbonyl (C=O) groups is 1. The molecule has 2 rings (SSSR count). The molecule has 4 nitrogen and oxygen atoms in total. The molecule has 1 aliphatic rings. The average Bonchev–Trinajstić information content (AvgIpc) is 2.86. The fraction of sp³-hybridized carbons (Fsp3) is 0.545. The number of rotatable bonds is 4. The molecule has 0 amide bonds. The summed E-state index contributed by atoms with van der Waals surface area (Å²) in [5.74, 6) is 0.695. The minimum Gasteiger partial charge on any atom is -0.480 e. The van der Waals surface area contributed by atoms with E-state index in [2.05, 4.69) is 5.32 Å². The largest absolute Gasteiger partial charge is 0.480 e. The number of aliphatic carboxylic acids is 1. The quantitative estimate of drug-likeness (QED) is 0.784. The molecule has 0 bridgehead atoms. The number of furan rings is 1. The van der Waals surface area contributed by atoms with Crippen molar-refractivity contribution in [3.63, 3.8) is 0 Å². The summed E-state index contributed by atoms with van der Waals surface area (Å²) in [5, 5.41) is 11.8. The minimum atomic E-state index is -0.740. The zero-order valence-electron chi connectivity index (χ0n) is 8.48. The van der Waals surface area contributed by atoms with Gasteiger partial charge in [0.25, 0.3) is 0 Å². The van der Waals surface area contributed by atoms with Crippen molar-refractivity contribution < 1.29 is 14.3 Å². The van der Waals surface area contributed by atoms with Gasteiger partial charge in [0, 0.05) is 6.42 Å². The Labute approximate surface area is 88.3 Å². The Bertz CT molecular complexity index is 321. The minimum absolute atomic E-state index is 0.355. The van der Waals surface area contributed by atoms with Crippen molar-refractivity contribution in [3.8, 4) is 0 Å². The van der Waals surface area contributed by atoms with Gasteiger partial charge >= 0.3 is 5.97 Å². The molecule has 2 atom stereocenters. The first-order valence-corrected chi connectivity index (χ1v) is 5.24. The Morgan fingerprint density at radius 2 is 2.53 bits per heavy atom. The molecule has 1 aromatic rings. The molecule has 0 aliphatic carbocycles. The molecule has 2 heterocycles. The van der Waals surface area contributed by atoms with Gasteiger partial charge in [0.1, 0.15) is 11.8 Å². The average molecular weight is 209 g/mol. The van der Waals surface area contributed by atoms with E-state index >= 15 is 0 Å². The standard InChI is InChI=1S/C11H15NO3/c13-11(14)10-6-8(7-12-10)3-4-9-2-1-5-15-9/h1-2,5,8,10,12H,3-4,6-7H2,(H,13,14)/t8-,10-/m0/s1. The fourth-order valence-electron chi connectivity index (χ4n) is 2.02. The molecule has 1 fully saturated rings. The maximum absolute atomic E-state index is 10.7. The van der Waals surface area contributed by atoms with Gasteiger partial charge in [0.05, 0.1) is 6.26 Å². The molecule has 1 saturated heterocycles. The Morgan fingerprint density at radius 3 is 3.13 bits per heavy atom. The van der Waals surface area contributed by atoms with Crippen LogP contribution in [-0.4, -0.2) is 23.7 Å². The van der Waals surface area contributed by atoms with Crippen LogP contribution in [0, 0.1) is 5.92 Å². The van der Waals surface area contributed by atoms with Gasteiger partial charge < -0.3 is 14.8 Å². The normalized spacial score (nSPS) is 25.6. The van der Waals surface area contributed by atoms with E-state index in [0.717, 1.165) is 31.6 Å². The Balaban J connectivity index is 1.75. The fourth-order valence-corrected chi connectivity index (χ4v) is 2.02. The van der Waals surface area contributed by atoms with Crippen LogP contribution in [0.1, 0.15) is 18.6 Å². The van der Waals surface area contributed by atoms with Crippen molar-refractivity contribution in [2.75, 3.05) is 6.54 Å². The molecular weight excluding hydrogens is 194 g/mol. The third-order valence-electron chi connectivity index (χ3n) is 2.90. The SMILES string of the molecule is O=C(O)[C@@H]1C[C@H](CCc2ccco2)CN1. The molecule has 82 valence electrons. The van der Waals surface area contributed by atoms with Gasteiger partial charge in [-0.05, 0) is 37.4 Å². The predicted octanol–water partition coefficient (Wildman–Crippen LogP) is 1.27. The Hall–Kier alpha value is -1.29. The van der Waals surface area contributed by atoms with E-state index < -0.39 is 5.97 Å². The van der Waals surface area contributed by atoms with E-state index in [0.29, 0.717) is 5.92 Å². The molecular formula is C11H15NO3. The number of hydrogen-bond acceptors (Lipinski definition) is 3. The second-order valence-corrected chi connectivity index (χ2v) is 4.02. The Morgan fingerprint density at radius 1 is 1.67 bits per heavy atom. The van der Waals surface area contributed by atoms with Gasteiger partial charge in [-0.2, -0.15) is 0 Å². The molecule has 0 saturated carbocycles. The second kappa shape index (κ2) is 4.49. The first kappa shape index (κ1) is 10.2. The van der Waals surface area contributed by atoms with Crippen molar-refractivity contribution in [2.45, 2.75) is 25.3 Å². The van der Waals surface area contributed by atoms with E-state index in [1.54, 1.807) is 6.26 Å². The summed E-state index contributed by atoms with van der Waals surface area (Å²) in [7, 11) is 0. The van der Waals surface area contributed by atoms with Gasteiger partial charge in [-0.25, -0.2) is 0 Å². The number of aryl methyl sites for hydroxylation is 1. The smallest absolute Gasteiger partial charge is 0.320 e. The lowest BCUT2D eigenvalue weighted by atomic mass is 9.99. The molecule has 0 aromatic carbocycles. The van der Waals surface area contributed by atoms with Crippen LogP contribution < -0.4 is 5.32 Å². The van der Waals surface area contributed by atoms with Gasteiger partial charge in [0.2, 0.25) is 0 Å². The molecule has 1 aliphatic heterocycles. The number of hydrogen-bond donors (Lipinski definition) is 2. The highest BCUT2D eigenvalue weighted by molar-refractivity contribution is 5.73. The zero-order chi connectivity index (χ0) is 10.7. The lowest BCUT2D eigenvalue weighted by Gasteiger charge is -2.06. The van der Waals surface area contributed by atoms with Crippen molar-refractivity contribution in [1.29, 1.82) is 0 Å². The van der Waals surface area contributed by atoms with Gasteiger partial charge in [-0.3, -0.25) is 4.79 Å². The first-order chi connectivity index (χ1) is 7.25. The van der Waals surface area contributed by atoms with Crippen LogP contribution in [0.4, 0.5) is 0 Å². The number of carboxylic acid groups (broad SMARTS) is 1. The first-order valence-electron chi connectivity index (χ1n) is 5.24. The summed E-state index contributed by atoms with van der Waals surface area (Å²) in [6, 6.07) is 3.48. The van der Waals surface area contributed by atoms with Crippen molar-refractivity contribution in [2.24, 2.45) is 5.92 Å². The Kier molecular flexibility index (Phi) is 3.06. The van der Waals surface area contributed by atoms with Crippen LogP contribution in [-0.2, 0) is 11.2 Å². The van der Waals surface area contributed by atoms with Crippen LogP contribution in [0.15, 0.2) is 22.8 Å². The highest BCUT2D eigenvalue weighted by atomic mass is 16.4. The van der Waals surface area contributed by atoms with Gasteiger partial charge in [0.15, 0.2) is 0 Å². The molecule has 2 N–H and O–H groups in total. The summed E-state index contributed by atoms with van der Waals surface area (Å²) >= 11 is 0. The maximum atomic E-state index is 10.7. The highest BCUT2D eigenvalue weighted by Crippen LogP contribution is 2.20. The summed E-state index contributed by atoms with van der Waals surface area (Å²) < 4.78 is 5.23. The lowest BCUT2D eigenvalue weighted by molar-refractivity contribution is -0.139. The topological polar surface area (TPSA) is 62.5 Å². The second-order valence-electron chi connectivity index (χ2n) is 4.02. The predicted molar refractivity (Wildman–Crippen MR) is 54.6 cm³/mol. The van der Waals surface area contributed by atoms with Crippen LogP contribution in [0.3, 0.4) is 0 Å². The third kappa shape index (κ3) is 2.59. The van der Waals surface area contributed by atoms with E-state index in [4.69, 9.17) is 9.52 Å². The van der Waals surface area contributed by atoms with E-state index in [1.165, 1.54) is 0 Å². The highest BCUT2D eigenvalue weighted by Gasteiger charge is 2.28. The summed E-state index contributed by atoms with van der Waals surface area (Å²) in [4.78, 5) is 10.7. The molecule has 15 heavy (non-hydrogen) atoms. The van der Waals surface area contributed by atoms with E-state index in [1.807, 2.05) is 12.1 Å². The summed E-state index contributed by atoms with van der Waals surface area (Å²) in [6.07, 6.45) is 4.29. The number of carboxylic acids is 1. The lowest BCUT2D eigenvalue weighted by Crippen LogP contribution is -2.29. The van der Waals surface area contributed by atoms with Crippen molar-refractivity contribution in [3.05, 3.63) is 24.2 Å². The van der Waals surface area contributed by atoms with E-state index in [-0.39, 0.29) is 6.04 Å². The maximum Gasteiger partial charge on any atom is 0.320 e. The van der Waals surface area contributed by atoms with Crippen molar-refractivity contribution in [1.82, 2.24) is 5.32 Å². The zero-order valence-corrected chi connectivity index (χ0v) is 8.48. The van der Waals surface area contributed by atoms with Crippen LogP contribution in [0.5, 0.6) is 0 Å². The van der Waals surface area contributed by atoms with Gasteiger partial charge in [-0.1, -0.05) is 0 Å². The van der Waals surface area contributed by atoms with Crippen LogP contribution in [0.25, 0.3) is 0 Å². The van der Waals surface area contributed by atoms with Crippen LogP contribution in [0.2, 0.25) is 0 Å². The van der Waals surface area contributed by atoms with E-state index in [9.17, 15) is 4.79 Å². The van der Waals surface area contributed by atoms with Crippen molar-refractivity contribution >= 4 is 5.97 Å². The molecule has 0 spiro atoms.